The zero-order valence-electron chi connectivity index (χ0n) is 12.4. The first-order chi connectivity index (χ1) is 8.90. The summed E-state index contributed by atoms with van der Waals surface area (Å²) < 4.78 is 4.64. The number of nitrogens with one attached hydrogen (secondary N) is 1. The van der Waals surface area contributed by atoms with Gasteiger partial charge < -0.3 is 15.0 Å². The first kappa shape index (κ1) is 15.9. The summed E-state index contributed by atoms with van der Waals surface area (Å²) in [5.74, 6) is -0.111. The average Bonchev–Trinajstić information content (AvgIpc) is 2.38. The molecule has 0 radical (unpaired) electrons. The molecule has 6 nitrogen and oxygen atoms in total. The fourth-order valence-electron chi connectivity index (χ4n) is 2.27. The first-order valence-corrected chi connectivity index (χ1v) is 6.74. The van der Waals surface area contributed by atoms with E-state index in [9.17, 15) is 9.59 Å². The van der Waals surface area contributed by atoms with E-state index in [1.165, 1.54) is 7.11 Å². The van der Waals surface area contributed by atoms with E-state index in [2.05, 4.69) is 10.1 Å². The van der Waals surface area contributed by atoms with Crippen LogP contribution in [0.1, 0.15) is 20.8 Å². The summed E-state index contributed by atoms with van der Waals surface area (Å²) in [4.78, 5) is 27.4. The lowest BCUT2D eigenvalue weighted by Crippen LogP contribution is -2.58. The van der Waals surface area contributed by atoms with Crippen molar-refractivity contribution in [3.63, 3.8) is 0 Å². The molecule has 0 unspecified atom stereocenters. The molecule has 19 heavy (non-hydrogen) atoms. The Labute approximate surface area is 115 Å². The molecule has 0 aromatic rings. The van der Waals surface area contributed by atoms with Crippen molar-refractivity contribution in [1.82, 2.24) is 15.1 Å². The van der Waals surface area contributed by atoms with Gasteiger partial charge in [-0.1, -0.05) is 6.92 Å². The van der Waals surface area contributed by atoms with E-state index >= 15 is 0 Å². The monoisotopic (exact) mass is 271 g/mol. The Morgan fingerprint density at radius 1 is 1.21 bits per heavy atom. The molecule has 0 saturated carbocycles. The summed E-state index contributed by atoms with van der Waals surface area (Å²) in [6.45, 7) is 9.60. The third-order valence-electron chi connectivity index (χ3n) is 3.39. The van der Waals surface area contributed by atoms with E-state index in [4.69, 9.17) is 0 Å². The van der Waals surface area contributed by atoms with Gasteiger partial charge in [-0.25, -0.2) is 0 Å². The Hall–Kier alpha value is -1.14. The number of likely N-dealkylation sites (N-methyl/N-ethyl adjacent to an activating group) is 1. The molecule has 110 valence electrons. The number of nitrogens with zero attached hydrogens (tertiary/aromatic N) is 2. The number of piperazine rings is 1. The van der Waals surface area contributed by atoms with Crippen LogP contribution in [0.5, 0.6) is 0 Å². The Bertz CT molecular complexity index is 323. The summed E-state index contributed by atoms with van der Waals surface area (Å²) >= 11 is 0. The summed E-state index contributed by atoms with van der Waals surface area (Å²) in [6.07, 6.45) is 0. The lowest BCUT2D eigenvalue weighted by molar-refractivity contribution is -0.143. The van der Waals surface area contributed by atoms with Crippen LogP contribution in [0.2, 0.25) is 0 Å². The van der Waals surface area contributed by atoms with E-state index in [1.807, 2.05) is 30.6 Å². The summed E-state index contributed by atoms with van der Waals surface area (Å²) in [5, 5.41) is 3.19. The number of rotatable bonds is 5. The highest BCUT2D eigenvalue weighted by molar-refractivity contribution is 5.85. The third-order valence-corrected chi connectivity index (χ3v) is 3.39. The minimum Gasteiger partial charge on any atom is -0.468 e. The summed E-state index contributed by atoms with van der Waals surface area (Å²) in [7, 11) is 1.39. The maximum atomic E-state index is 12.3. The van der Waals surface area contributed by atoms with E-state index in [1.54, 1.807) is 0 Å². The van der Waals surface area contributed by atoms with Gasteiger partial charge in [0.05, 0.1) is 19.2 Å². The van der Waals surface area contributed by atoms with Crippen molar-refractivity contribution in [2.45, 2.75) is 26.3 Å². The van der Waals surface area contributed by atoms with E-state index in [0.717, 1.165) is 6.54 Å². The first-order valence-electron chi connectivity index (χ1n) is 6.74. The molecular formula is C13H25N3O3. The Balaban J connectivity index is 2.45. The zero-order chi connectivity index (χ0) is 14.5. The number of ether oxygens (including phenoxy) is 1. The van der Waals surface area contributed by atoms with Gasteiger partial charge in [0.2, 0.25) is 5.91 Å². The molecule has 6 heteroatoms. The lowest BCUT2D eigenvalue weighted by Gasteiger charge is -2.38. The second-order valence-corrected chi connectivity index (χ2v) is 5.30. The van der Waals surface area contributed by atoms with Crippen LogP contribution in [0, 0.1) is 0 Å². The van der Waals surface area contributed by atoms with Crippen LogP contribution in [-0.2, 0) is 14.3 Å². The standard InChI is InChI=1S/C13H25N3O3/c1-5-14-13(2,3)12(18)16-8-6-15(7-9-16)10-11(17)19-4/h14H,5-10H2,1-4H3. The second-order valence-electron chi connectivity index (χ2n) is 5.30. The average molecular weight is 271 g/mol. The Morgan fingerprint density at radius 3 is 2.26 bits per heavy atom. The topological polar surface area (TPSA) is 61.9 Å². The number of amides is 1. The number of methoxy groups -OCH3 is 1. The molecule has 0 aromatic heterocycles. The van der Waals surface area contributed by atoms with Crippen molar-refractivity contribution in [3.8, 4) is 0 Å². The fourth-order valence-corrected chi connectivity index (χ4v) is 2.27. The fraction of sp³-hybridized carbons (Fsp3) is 0.846. The van der Waals surface area contributed by atoms with Crippen LogP contribution in [0.4, 0.5) is 0 Å². The quantitative estimate of drug-likeness (QED) is 0.695. The molecule has 1 amide bonds. The molecule has 0 aliphatic carbocycles. The van der Waals surface area contributed by atoms with E-state index in [-0.39, 0.29) is 11.9 Å². The smallest absolute Gasteiger partial charge is 0.319 e. The highest BCUT2D eigenvalue weighted by Gasteiger charge is 2.32. The van der Waals surface area contributed by atoms with Gasteiger partial charge >= 0.3 is 5.97 Å². The van der Waals surface area contributed by atoms with Gasteiger partial charge in [0.1, 0.15) is 0 Å². The molecule has 1 aliphatic heterocycles. The van der Waals surface area contributed by atoms with Gasteiger partial charge in [0, 0.05) is 26.2 Å². The van der Waals surface area contributed by atoms with Gasteiger partial charge in [0.15, 0.2) is 0 Å². The van der Waals surface area contributed by atoms with Gasteiger partial charge in [-0.3, -0.25) is 14.5 Å². The largest absolute Gasteiger partial charge is 0.468 e. The second kappa shape index (κ2) is 6.86. The zero-order valence-corrected chi connectivity index (χ0v) is 12.4. The number of carbonyl (C=O) groups is 2. The van der Waals surface area contributed by atoms with Gasteiger partial charge in [-0.05, 0) is 20.4 Å². The van der Waals surface area contributed by atoms with E-state index < -0.39 is 5.54 Å². The van der Waals surface area contributed by atoms with E-state index in [0.29, 0.717) is 32.7 Å². The highest BCUT2D eigenvalue weighted by Crippen LogP contribution is 2.11. The number of hydrogen-bond donors (Lipinski definition) is 1. The number of carbonyl (C=O) groups excluding carboxylic acids is 2. The molecule has 1 fully saturated rings. The van der Waals surface area contributed by atoms with Crippen molar-refractivity contribution in [2.24, 2.45) is 0 Å². The van der Waals surface area contributed by atoms with Crippen LogP contribution >= 0.6 is 0 Å². The molecule has 0 bridgehead atoms. The number of hydrogen-bond acceptors (Lipinski definition) is 5. The molecule has 1 saturated heterocycles. The summed E-state index contributed by atoms with van der Waals surface area (Å²) in [5.41, 5.74) is -0.529. The predicted molar refractivity (Wildman–Crippen MR) is 72.8 cm³/mol. The Kier molecular flexibility index (Phi) is 5.75. The minimum atomic E-state index is -0.529. The molecule has 0 atom stereocenters. The molecule has 0 spiro atoms. The van der Waals surface area contributed by atoms with Crippen molar-refractivity contribution in [3.05, 3.63) is 0 Å². The Morgan fingerprint density at radius 2 is 1.79 bits per heavy atom. The molecule has 1 aliphatic rings. The van der Waals surface area contributed by atoms with Crippen LogP contribution in [-0.4, -0.2) is 73.6 Å². The van der Waals surface area contributed by atoms with Crippen LogP contribution in [0.3, 0.4) is 0 Å². The van der Waals surface area contributed by atoms with Crippen molar-refractivity contribution in [1.29, 1.82) is 0 Å². The number of esters is 1. The van der Waals surface area contributed by atoms with Crippen LogP contribution in [0.15, 0.2) is 0 Å². The maximum absolute atomic E-state index is 12.3. The highest BCUT2D eigenvalue weighted by atomic mass is 16.5. The normalized spacial score (nSPS) is 17.4. The minimum absolute atomic E-state index is 0.118. The van der Waals surface area contributed by atoms with Crippen molar-refractivity contribution >= 4 is 11.9 Å². The molecule has 1 rings (SSSR count). The third kappa shape index (κ3) is 4.47. The van der Waals surface area contributed by atoms with Gasteiger partial charge in [0.25, 0.3) is 0 Å². The predicted octanol–water partition coefficient (Wildman–Crippen LogP) is -0.308. The van der Waals surface area contributed by atoms with Crippen LogP contribution in [0.25, 0.3) is 0 Å². The van der Waals surface area contributed by atoms with Crippen molar-refractivity contribution in [2.75, 3.05) is 46.4 Å². The van der Waals surface area contributed by atoms with Crippen molar-refractivity contribution < 1.29 is 14.3 Å². The molecule has 1 heterocycles. The lowest BCUT2D eigenvalue weighted by atomic mass is 10.0. The summed E-state index contributed by atoms with van der Waals surface area (Å²) in [6, 6.07) is 0. The van der Waals surface area contributed by atoms with Gasteiger partial charge in [-0.15, -0.1) is 0 Å². The molecule has 1 N–H and O–H groups in total. The maximum Gasteiger partial charge on any atom is 0.319 e. The van der Waals surface area contributed by atoms with Crippen LogP contribution < -0.4 is 5.32 Å². The SMILES string of the molecule is CCNC(C)(C)C(=O)N1CCN(CC(=O)OC)CC1. The molecular weight excluding hydrogens is 246 g/mol. The molecule has 0 aromatic carbocycles. The van der Waals surface area contributed by atoms with Gasteiger partial charge in [-0.2, -0.15) is 0 Å².